The van der Waals surface area contributed by atoms with E-state index >= 15 is 0 Å². The van der Waals surface area contributed by atoms with Gasteiger partial charge in [-0.25, -0.2) is 18.2 Å². The van der Waals surface area contributed by atoms with Crippen molar-refractivity contribution >= 4 is 38.7 Å². The second-order valence-corrected chi connectivity index (χ2v) is 8.00. The van der Waals surface area contributed by atoms with Gasteiger partial charge in [-0.1, -0.05) is 35.0 Å². The van der Waals surface area contributed by atoms with Crippen LogP contribution in [0.5, 0.6) is 0 Å². The van der Waals surface area contributed by atoms with E-state index in [2.05, 4.69) is 47.7 Å². The number of nitrogen functional groups attached to an aromatic ring is 1. The van der Waals surface area contributed by atoms with Crippen molar-refractivity contribution < 1.29 is 8.42 Å². The predicted molar refractivity (Wildman–Crippen MR) is 101 cm³/mol. The second kappa shape index (κ2) is 7.71. The molecular weight excluding hydrogens is 408 g/mol. The summed E-state index contributed by atoms with van der Waals surface area (Å²) in [6, 6.07) is 7.53. The maximum Gasteiger partial charge on any atom is 0.241 e. The maximum atomic E-state index is 11.4. The Morgan fingerprint density at radius 2 is 2.12 bits per heavy atom. The summed E-state index contributed by atoms with van der Waals surface area (Å²) >= 11 is 3.42. The van der Waals surface area contributed by atoms with Crippen LogP contribution in [-0.4, -0.2) is 36.7 Å². The average molecular weight is 429 g/mol. The normalized spacial score (nSPS) is 22.3. The van der Waals surface area contributed by atoms with Gasteiger partial charge in [0, 0.05) is 23.6 Å². The number of nitrogens with one attached hydrogen (secondary N) is 2. The maximum absolute atomic E-state index is 11.4. The fourth-order valence-corrected chi connectivity index (χ4v) is 4.29. The Morgan fingerprint density at radius 1 is 1.40 bits per heavy atom. The number of aromatic amines is 1. The number of halogens is 1. The molecule has 25 heavy (non-hydrogen) atoms. The smallest absolute Gasteiger partial charge is 0.241 e. The molecule has 0 amide bonds. The third kappa shape index (κ3) is 4.31. The fraction of sp³-hybridized carbons (Fsp3) is 0.467. The van der Waals surface area contributed by atoms with E-state index in [4.69, 9.17) is 5.73 Å². The number of anilines is 2. The van der Waals surface area contributed by atoms with Gasteiger partial charge in [0.1, 0.15) is 0 Å². The van der Waals surface area contributed by atoms with Crippen molar-refractivity contribution in [2.75, 3.05) is 23.7 Å². The van der Waals surface area contributed by atoms with E-state index in [1.165, 1.54) is 0 Å². The van der Waals surface area contributed by atoms with E-state index in [0.29, 0.717) is 5.95 Å². The average Bonchev–Trinajstić information content (AvgIpc) is 3.00. The lowest BCUT2D eigenvalue weighted by molar-refractivity contribution is 0.242. The summed E-state index contributed by atoms with van der Waals surface area (Å²) in [4.78, 5) is 6.27. The van der Waals surface area contributed by atoms with Gasteiger partial charge in [-0.2, -0.15) is 4.98 Å². The molecule has 0 saturated carbocycles. The highest BCUT2D eigenvalue weighted by atomic mass is 79.9. The molecule has 3 rings (SSSR count). The highest BCUT2D eigenvalue weighted by Gasteiger charge is 2.34. The van der Waals surface area contributed by atoms with Crippen molar-refractivity contribution in [1.82, 2.24) is 19.9 Å². The summed E-state index contributed by atoms with van der Waals surface area (Å²) in [6.45, 7) is 3.64. The molecule has 2 heterocycles. The molecule has 0 aliphatic carbocycles. The third-order valence-corrected chi connectivity index (χ3v) is 5.68. The first-order valence-corrected chi connectivity index (χ1v) is 10.00. The second-order valence-electron chi connectivity index (χ2n) is 6.31. The van der Waals surface area contributed by atoms with Crippen LogP contribution in [0.3, 0.4) is 0 Å². The molecule has 2 aromatic rings. The zero-order chi connectivity index (χ0) is 18.0. The number of benzene rings is 1. The number of aromatic nitrogens is 3. The molecule has 1 fully saturated rings. The van der Waals surface area contributed by atoms with E-state index < -0.39 is 10.9 Å². The lowest BCUT2D eigenvalue weighted by Gasteiger charge is -2.40. The molecule has 10 heteroatoms. The van der Waals surface area contributed by atoms with Crippen LogP contribution in [-0.2, 0) is 10.9 Å². The first kappa shape index (κ1) is 18.2. The number of nitrogens with zero attached hydrogens (tertiary/aromatic N) is 3. The third-order valence-electron chi connectivity index (χ3n) is 4.66. The molecule has 1 aromatic heterocycles. The highest BCUT2D eigenvalue weighted by Crippen LogP contribution is 2.36. The minimum Gasteiger partial charge on any atom is -0.366 e. The van der Waals surface area contributed by atoms with Crippen LogP contribution in [0.4, 0.5) is 11.9 Å². The highest BCUT2D eigenvalue weighted by molar-refractivity contribution is 9.10. The van der Waals surface area contributed by atoms with Gasteiger partial charge in [-0.05, 0) is 36.0 Å². The Bertz CT molecular complexity index is 786. The van der Waals surface area contributed by atoms with Crippen LogP contribution in [0.25, 0.3) is 0 Å². The molecule has 0 spiro atoms. The number of piperidine rings is 1. The van der Waals surface area contributed by atoms with Crippen LogP contribution >= 0.6 is 15.9 Å². The van der Waals surface area contributed by atoms with Crippen LogP contribution in [0.2, 0.25) is 0 Å². The van der Waals surface area contributed by atoms with Crippen LogP contribution in [0.15, 0.2) is 28.7 Å². The molecule has 1 aromatic carbocycles. The quantitative estimate of drug-likeness (QED) is 0.535. The van der Waals surface area contributed by atoms with Gasteiger partial charge < -0.3 is 10.6 Å². The number of rotatable bonds is 5. The van der Waals surface area contributed by atoms with Crippen molar-refractivity contribution in [3.05, 3.63) is 34.3 Å². The van der Waals surface area contributed by atoms with Crippen LogP contribution < -0.4 is 15.4 Å². The number of hydrogen-bond acceptors (Lipinski definition) is 6. The topological polar surface area (TPSA) is 117 Å². The summed E-state index contributed by atoms with van der Waals surface area (Å²) in [6.07, 6.45) is 0.832. The van der Waals surface area contributed by atoms with Gasteiger partial charge in [0.25, 0.3) is 0 Å². The molecule has 3 unspecified atom stereocenters. The molecule has 4 N–H and O–H groups in total. The van der Waals surface area contributed by atoms with Gasteiger partial charge in [-0.3, -0.25) is 0 Å². The van der Waals surface area contributed by atoms with Crippen LogP contribution in [0.1, 0.15) is 24.9 Å². The molecule has 1 aliphatic rings. The Balaban J connectivity index is 1.78. The molecule has 0 bridgehead atoms. The van der Waals surface area contributed by atoms with Crippen molar-refractivity contribution in [3.63, 3.8) is 0 Å². The summed E-state index contributed by atoms with van der Waals surface area (Å²) < 4.78 is 26.4. The van der Waals surface area contributed by atoms with Gasteiger partial charge in [0.15, 0.2) is 0 Å². The van der Waals surface area contributed by atoms with E-state index in [1.807, 2.05) is 24.3 Å². The van der Waals surface area contributed by atoms with Crippen molar-refractivity contribution in [3.8, 4) is 0 Å². The summed E-state index contributed by atoms with van der Waals surface area (Å²) in [5, 5.41) is 6.70. The minimum absolute atomic E-state index is 0.186. The first-order chi connectivity index (χ1) is 11.9. The Labute approximate surface area is 156 Å². The molecule has 1 aliphatic heterocycles. The Kier molecular flexibility index (Phi) is 5.60. The molecule has 3 atom stereocenters. The largest absolute Gasteiger partial charge is 0.366 e. The van der Waals surface area contributed by atoms with E-state index in [9.17, 15) is 8.42 Å². The standard InChI is InChI=1S/C15H21BrN6O2S/c1-9-8-22(15-18-14(17)19-20-15)7-6-12(9)13(21-25(23)24)10-2-4-11(16)5-3-10/h2-5,9,12-13,25H,6-8H2,1H3,(H,21,23,24)(H3,17,18,19,20). The van der Waals surface area contributed by atoms with Gasteiger partial charge in [0.05, 0.1) is 0 Å². The fourth-order valence-electron chi connectivity index (χ4n) is 3.46. The summed E-state index contributed by atoms with van der Waals surface area (Å²) in [5.41, 5.74) is 6.55. The lowest BCUT2D eigenvalue weighted by Crippen LogP contribution is -2.44. The SMILES string of the molecule is CC1CN(c2nc(N)n[nH]2)CCC1C(N[SH](=O)=O)c1ccc(Br)cc1. The molecule has 0 radical (unpaired) electrons. The first-order valence-electron chi connectivity index (χ1n) is 8.03. The predicted octanol–water partition coefficient (Wildman–Crippen LogP) is 1.47. The van der Waals surface area contributed by atoms with Crippen LogP contribution in [0, 0.1) is 11.8 Å². The number of nitrogens with two attached hydrogens (primary N) is 1. The zero-order valence-electron chi connectivity index (χ0n) is 13.7. The van der Waals surface area contributed by atoms with Crippen molar-refractivity contribution in [1.29, 1.82) is 0 Å². The van der Waals surface area contributed by atoms with Gasteiger partial charge in [0.2, 0.25) is 22.8 Å². The van der Waals surface area contributed by atoms with E-state index in [1.54, 1.807) is 0 Å². The number of thiol groups is 1. The number of hydrogen-bond donors (Lipinski definition) is 4. The monoisotopic (exact) mass is 428 g/mol. The molecule has 8 nitrogen and oxygen atoms in total. The Hall–Kier alpha value is -1.65. The minimum atomic E-state index is -2.69. The summed E-state index contributed by atoms with van der Waals surface area (Å²) in [7, 11) is -2.69. The summed E-state index contributed by atoms with van der Waals surface area (Å²) in [5.74, 6) is 1.33. The van der Waals surface area contributed by atoms with Gasteiger partial charge >= 0.3 is 0 Å². The Morgan fingerprint density at radius 3 is 2.68 bits per heavy atom. The number of H-pyrrole nitrogens is 1. The van der Waals surface area contributed by atoms with Gasteiger partial charge in [-0.15, -0.1) is 5.10 Å². The van der Waals surface area contributed by atoms with Crippen molar-refractivity contribution in [2.24, 2.45) is 11.8 Å². The molecular formula is C15H21BrN6O2S. The molecule has 136 valence electrons. The lowest BCUT2D eigenvalue weighted by atomic mass is 9.79. The zero-order valence-corrected chi connectivity index (χ0v) is 16.2. The van der Waals surface area contributed by atoms with Crippen molar-refractivity contribution in [2.45, 2.75) is 19.4 Å². The van der Waals surface area contributed by atoms with E-state index in [0.717, 1.165) is 29.5 Å². The molecule has 1 saturated heterocycles. The van der Waals surface area contributed by atoms with E-state index in [-0.39, 0.29) is 23.8 Å².